The Labute approximate surface area is 116 Å². The molecule has 0 radical (unpaired) electrons. The van der Waals surface area contributed by atoms with Crippen LogP contribution >= 0.6 is 0 Å². The highest BCUT2D eigenvalue weighted by molar-refractivity contribution is 5.40. The van der Waals surface area contributed by atoms with Crippen LogP contribution < -0.4 is 15.2 Å². The normalized spacial score (nSPS) is 27.1. The molecule has 1 aliphatic rings. The molecule has 1 aromatic carbocycles. The van der Waals surface area contributed by atoms with E-state index in [2.05, 4.69) is 13.8 Å². The quantitative estimate of drug-likeness (QED) is 0.906. The smallest absolute Gasteiger partial charge is 0.127 e. The van der Waals surface area contributed by atoms with Crippen molar-refractivity contribution < 1.29 is 9.47 Å². The maximum absolute atomic E-state index is 6.20. The third kappa shape index (κ3) is 3.63. The van der Waals surface area contributed by atoms with Crippen molar-refractivity contribution in [1.82, 2.24) is 0 Å². The average molecular weight is 263 g/mol. The molecular formula is C16H25NO2. The second-order valence-electron chi connectivity index (χ2n) is 5.84. The fourth-order valence-corrected chi connectivity index (χ4v) is 3.09. The van der Waals surface area contributed by atoms with Gasteiger partial charge in [0.1, 0.15) is 11.5 Å². The van der Waals surface area contributed by atoms with Crippen molar-refractivity contribution in [3.05, 3.63) is 23.8 Å². The summed E-state index contributed by atoms with van der Waals surface area (Å²) in [6.45, 7) is 5.11. The van der Waals surface area contributed by atoms with Crippen LogP contribution in [-0.2, 0) is 6.54 Å². The van der Waals surface area contributed by atoms with Crippen molar-refractivity contribution in [2.45, 2.75) is 45.8 Å². The number of nitrogens with two attached hydrogens (primary N) is 1. The lowest BCUT2D eigenvalue weighted by Crippen LogP contribution is -2.28. The molecule has 0 amide bonds. The van der Waals surface area contributed by atoms with E-state index in [0.717, 1.165) is 41.7 Å². The Kier molecular flexibility index (Phi) is 4.70. The van der Waals surface area contributed by atoms with E-state index in [9.17, 15) is 0 Å². The zero-order valence-corrected chi connectivity index (χ0v) is 12.2. The number of rotatable bonds is 4. The second kappa shape index (κ2) is 6.29. The van der Waals surface area contributed by atoms with Gasteiger partial charge in [0.2, 0.25) is 0 Å². The Morgan fingerprint density at radius 3 is 2.42 bits per heavy atom. The maximum atomic E-state index is 6.20. The van der Waals surface area contributed by atoms with Gasteiger partial charge in [-0.3, -0.25) is 0 Å². The second-order valence-corrected chi connectivity index (χ2v) is 5.84. The van der Waals surface area contributed by atoms with Crippen LogP contribution in [0.4, 0.5) is 0 Å². The van der Waals surface area contributed by atoms with Crippen molar-refractivity contribution >= 4 is 0 Å². The minimum absolute atomic E-state index is 0.302. The monoisotopic (exact) mass is 263 g/mol. The highest BCUT2D eigenvalue weighted by Gasteiger charge is 2.25. The van der Waals surface area contributed by atoms with E-state index in [1.54, 1.807) is 7.11 Å². The van der Waals surface area contributed by atoms with Gasteiger partial charge in [0, 0.05) is 18.2 Å². The Bertz CT molecular complexity index is 409. The third-order valence-corrected chi connectivity index (χ3v) is 3.92. The van der Waals surface area contributed by atoms with E-state index in [4.69, 9.17) is 15.2 Å². The van der Waals surface area contributed by atoms with Gasteiger partial charge in [-0.2, -0.15) is 0 Å². The molecule has 3 nitrogen and oxygen atoms in total. The molecule has 2 unspecified atom stereocenters. The first-order chi connectivity index (χ1) is 9.12. The molecule has 1 aliphatic carbocycles. The molecule has 1 saturated carbocycles. The van der Waals surface area contributed by atoms with E-state index in [0.29, 0.717) is 12.6 Å². The van der Waals surface area contributed by atoms with Crippen molar-refractivity contribution in [3.63, 3.8) is 0 Å². The molecule has 2 N–H and O–H groups in total. The summed E-state index contributed by atoms with van der Waals surface area (Å²) in [7, 11) is 1.67. The summed E-state index contributed by atoms with van der Waals surface area (Å²) >= 11 is 0. The lowest BCUT2D eigenvalue weighted by Gasteiger charge is -2.32. The molecule has 1 aromatic rings. The molecule has 2 atom stereocenters. The third-order valence-electron chi connectivity index (χ3n) is 3.92. The first-order valence-electron chi connectivity index (χ1n) is 7.16. The van der Waals surface area contributed by atoms with E-state index < -0.39 is 0 Å². The lowest BCUT2D eigenvalue weighted by atomic mass is 9.82. The van der Waals surface area contributed by atoms with E-state index in [1.807, 2.05) is 18.2 Å². The van der Waals surface area contributed by atoms with Crippen LogP contribution in [-0.4, -0.2) is 13.2 Å². The van der Waals surface area contributed by atoms with Crippen LogP contribution in [0.5, 0.6) is 11.5 Å². The van der Waals surface area contributed by atoms with Gasteiger partial charge in [-0.15, -0.1) is 0 Å². The number of hydrogen-bond donors (Lipinski definition) is 1. The number of hydrogen-bond acceptors (Lipinski definition) is 3. The molecule has 0 aromatic heterocycles. The summed E-state index contributed by atoms with van der Waals surface area (Å²) in [6, 6.07) is 5.87. The number of ether oxygens (including phenoxy) is 2. The Hall–Kier alpha value is -1.22. The first kappa shape index (κ1) is 14.2. The van der Waals surface area contributed by atoms with Gasteiger partial charge in [0.05, 0.1) is 13.2 Å². The SMILES string of the molecule is COc1ccc(CN)c(OC2CC(C)CC(C)C2)c1. The highest BCUT2D eigenvalue weighted by atomic mass is 16.5. The topological polar surface area (TPSA) is 44.5 Å². The maximum Gasteiger partial charge on any atom is 0.127 e. The molecule has 0 bridgehead atoms. The number of methoxy groups -OCH3 is 1. The summed E-state index contributed by atoms with van der Waals surface area (Å²) in [4.78, 5) is 0. The van der Waals surface area contributed by atoms with Crippen LogP contribution in [0.2, 0.25) is 0 Å². The molecule has 0 spiro atoms. The van der Waals surface area contributed by atoms with Crippen LogP contribution in [0.3, 0.4) is 0 Å². The summed E-state index contributed by atoms with van der Waals surface area (Å²) in [6.07, 6.45) is 3.87. The minimum Gasteiger partial charge on any atom is -0.497 e. The summed E-state index contributed by atoms with van der Waals surface area (Å²) in [5, 5.41) is 0. The molecular weight excluding hydrogens is 238 g/mol. The molecule has 3 heteroatoms. The summed E-state index contributed by atoms with van der Waals surface area (Å²) < 4.78 is 11.5. The first-order valence-corrected chi connectivity index (χ1v) is 7.16. The average Bonchev–Trinajstić information content (AvgIpc) is 2.37. The van der Waals surface area contributed by atoms with Gasteiger partial charge in [-0.1, -0.05) is 19.9 Å². The largest absolute Gasteiger partial charge is 0.497 e. The van der Waals surface area contributed by atoms with Gasteiger partial charge < -0.3 is 15.2 Å². The zero-order chi connectivity index (χ0) is 13.8. The van der Waals surface area contributed by atoms with E-state index in [1.165, 1.54) is 6.42 Å². The van der Waals surface area contributed by atoms with Gasteiger partial charge in [-0.05, 0) is 37.2 Å². The molecule has 1 fully saturated rings. The Morgan fingerprint density at radius 2 is 1.84 bits per heavy atom. The van der Waals surface area contributed by atoms with Crippen LogP contribution in [0.15, 0.2) is 18.2 Å². The molecule has 0 aliphatic heterocycles. The molecule has 0 saturated heterocycles. The van der Waals surface area contributed by atoms with Crippen molar-refractivity contribution in [2.75, 3.05) is 7.11 Å². The standard InChI is InChI=1S/C16H25NO2/c1-11-6-12(2)8-15(7-11)19-16-9-14(18-3)5-4-13(16)10-17/h4-5,9,11-12,15H,6-8,10,17H2,1-3H3. The summed E-state index contributed by atoms with van der Waals surface area (Å²) in [5.41, 5.74) is 6.83. The van der Waals surface area contributed by atoms with Gasteiger partial charge in [-0.25, -0.2) is 0 Å². The van der Waals surface area contributed by atoms with Crippen molar-refractivity contribution in [1.29, 1.82) is 0 Å². The molecule has 2 rings (SSSR count). The van der Waals surface area contributed by atoms with Crippen LogP contribution in [0.1, 0.15) is 38.7 Å². The lowest BCUT2D eigenvalue weighted by molar-refractivity contribution is 0.0998. The van der Waals surface area contributed by atoms with Gasteiger partial charge in [0.15, 0.2) is 0 Å². The zero-order valence-electron chi connectivity index (χ0n) is 12.2. The highest BCUT2D eigenvalue weighted by Crippen LogP contribution is 2.33. The molecule has 0 heterocycles. The fourth-order valence-electron chi connectivity index (χ4n) is 3.09. The Balaban J connectivity index is 2.12. The van der Waals surface area contributed by atoms with E-state index >= 15 is 0 Å². The summed E-state index contributed by atoms with van der Waals surface area (Å²) in [5.74, 6) is 3.18. The van der Waals surface area contributed by atoms with Gasteiger partial charge >= 0.3 is 0 Å². The predicted molar refractivity (Wildman–Crippen MR) is 77.5 cm³/mol. The number of benzene rings is 1. The van der Waals surface area contributed by atoms with Crippen molar-refractivity contribution in [3.8, 4) is 11.5 Å². The molecule has 106 valence electrons. The Morgan fingerprint density at radius 1 is 1.16 bits per heavy atom. The van der Waals surface area contributed by atoms with Crippen LogP contribution in [0, 0.1) is 11.8 Å². The molecule has 19 heavy (non-hydrogen) atoms. The minimum atomic E-state index is 0.302. The van der Waals surface area contributed by atoms with E-state index in [-0.39, 0.29) is 0 Å². The van der Waals surface area contributed by atoms with Crippen LogP contribution in [0.25, 0.3) is 0 Å². The van der Waals surface area contributed by atoms with Crippen molar-refractivity contribution in [2.24, 2.45) is 17.6 Å². The predicted octanol–water partition coefficient (Wildman–Crippen LogP) is 3.36. The van der Waals surface area contributed by atoms with Gasteiger partial charge in [0.25, 0.3) is 0 Å². The fraction of sp³-hybridized carbons (Fsp3) is 0.625.